The molecule has 0 aliphatic carbocycles. The minimum absolute atomic E-state index is 0.00615. The molecule has 2 heterocycles. The van der Waals surface area contributed by atoms with E-state index in [0.29, 0.717) is 18.3 Å². The van der Waals surface area contributed by atoms with Crippen LogP contribution >= 0.6 is 0 Å². The van der Waals surface area contributed by atoms with Crippen LogP contribution < -0.4 is 9.64 Å². The Morgan fingerprint density at radius 1 is 1.43 bits per heavy atom. The highest BCUT2D eigenvalue weighted by molar-refractivity contribution is 5.68. The Kier molecular flexibility index (Phi) is 5.32. The number of aliphatic carboxylic acids is 1. The molecule has 1 N–H and O–H groups in total. The molecule has 1 aromatic rings. The highest BCUT2D eigenvalue weighted by atomic mass is 16.5. The molecular weight excluding hydrogens is 274 g/mol. The number of aromatic nitrogens is 2. The molecule has 116 valence electrons. The van der Waals surface area contributed by atoms with Gasteiger partial charge in [-0.05, 0) is 26.7 Å². The fourth-order valence-corrected chi connectivity index (χ4v) is 2.35. The van der Waals surface area contributed by atoms with E-state index >= 15 is 0 Å². The second-order valence-electron chi connectivity index (χ2n) is 4.94. The summed E-state index contributed by atoms with van der Waals surface area (Å²) in [6.45, 7) is 5.67. The van der Waals surface area contributed by atoms with E-state index < -0.39 is 5.97 Å². The summed E-state index contributed by atoms with van der Waals surface area (Å²) in [5, 5.41) is 8.62. The quantitative estimate of drug-likeness (QED) is 0.845. The topological polar surface area (TPSA) is 84.8 Å². The van der Waals surface area contributed by atoms with Gasteiger partial charge in [0.25, 0.3) is 0 Å². The molecule has 0 atom stereocenters. The summed E-state index contributed by atoms with van der Waals surface area (Å²) >= 11 is 0. The summed E-state index contributed by atoms with van der Waals surface area (Å²) in [6.07, 6.45) is 1.59. The van der Waals surface area contributed by atoms with Crippen molar-refractivity contribution >= 4 is 11.8 Å². The van der Waals surface area contributed by atoms with Crippen LogP contribution in [0.3, 0.4) is 0 Å². The molecule has 0 bridgehead atoms. The van der Waals surface area contributed by atoms with Crippen molar-refractivity contribution in [1.29, 1.82) is 0 Å². The van der Waals surface area contributed by atoms with Crippen LogP contribution in [0.1, 0.15) is 25.6 Å². The molecule has 7 heteroatoms. The number of anilines is 1. The third-order valence-corrected chi connectivity index (χ3v) is 3.30. The lowest BCUT2D eigenvalue weighted by Gasteiger charge is -2.32. The number of carboxylic acid groups (broad SMARTS) is 1. The standard InChI is InChI=1S/C14H21N3O4/c1-3-20-13-8-12(15-10(2)16-13)17-6-4-11(5-7-17)21-9-14(18)19/h8,11H,3-7,9H2,1-2H3,(H,18,19). The maximum atomic E-state index is 10.5. The zero-order valence-electron chi connectivity index (χ0n) is 12.4. The maximum absolute atomic E-state index is 10.5. The number of carboxylic acids is 1. The highest BCUT2D eigenvalue weighted by Crippen LogP contribution is 2.22. The molecule has 0 amide bonds. The minimum Gasteiger partial charge on any atom is -0.480 e. The molecule has 0 saturated carbocycles. The summed E-state index contributed by atoms with van der Waals surface area (Å²) in [7, 11) is 0. The summed E-state index contributed by atoms with van der Waals surface area (Å²) < 4.78 is 10.8. The SMILES string of the molecule is CCOc1cc(N2CCC(OCC(=O)O)CC2)nc(C)n1. The molecule has 1 fully saturated rings. The van der Waals surface area contributed by atoms with E-state index in [9.17, 15) is 4.79 Å². The van der Waals surface area contributed by atoms with E-state index in [2.05, 4.69) is 14.9 Å². The van der Waals surface area contributed by atoms with Gasteiger partial charge in [0.05, 0.1) is 12.7 Å². The van der Waals surface area contributed by atoms with Gasteiger partial charge in [-0.25, -0.2) is 9.78 Å². The summed E-state index contributed by atoms with van der Waals surface area (Å²) in [4.78, 5) is 21.3. The van der Waals surface area contributed by atoms with Gasteiger partial charge < -0.3 is 19.5 Å². The molecule has 2 rings (SSSR count). The Balaban J connectivity index is 1.94. The van der Waals surface area contributed by atoms with Crippen molar-refractivity contribution in [3.8, 4) is 5.88 Å². The summed E-state index contributed by atoms with van der Waals surface area (Å²) in [5.74, 6) is 1.19. The molecule has 0 aromatic carbocycles. The number of hydrogen-bond acceptors (Lipinski definition) is 6. The Morgan fingerprint density at radius 2 is 2.14 bits per heavy atom. The molecule has 7 nitrogen and oxygen atoms in total. The number of hydrogen-bond donors (Lipinski definition) is 1. The molecule has 21 heavy (non-hydrogen) atoms. The number of rotatable bonds is 6. The van der Waals surface area contributed by atoms with Crippen molar-refractivity contribution in [2.75, 3.05) is 31.2 Å². The van der Waals surface area contributed by atoms with Gasteiger partial charge in [0.15, 0.2) is 0 Å². The van der Waals surface area contributed by atoms with Gasteiger partial charge in [0.1, 0.15) is 18.2 Å². The third kappa shape index (κ3) is 4.56. The fraction of sp³-hybridized carbons (Fsp3) is 0.643. The van der Waals surface area contributed by atoms with E-state index in [1.807, 2.05) is 19.9 Å². The molecular formula is C14H21N3O4. The third-order valence-electron chi connectivity index (χ3n) is 3.30. The lowest BCUT2D eigenvalue weighted by molar-refractivity contribution is -0.144. The fourth-order valence-electron chi connectivity index (χ4n) is 2.35. The first-order valence-electron chi connectivity index (χ1n) is 7.15. The van der Waals surface area contributed by atoms with Crippen molar-refractivity contribution < 1.29 is 19.4 Å². The molecule has 1 aromatic heterocycles. The average molecular weight is 295 g/mol. The Morgan fingerprint density at radius 3 is 2.76 bits per heavy atom. The van der Waals surface area contributed by atoms with Crippen LogP contribution in [-0.2, 0) is 9.53 Å². The average Bonchev–Trinajstić information content (AvgIpc) is 2.45. The Labute approximate surface area is 123 Å². The molecule has 1 saturated heterocycles. The van der Waals surface area contributed by atoms with E-state index in [4.69, 9.17) is 14.6 Å². The minimum atomic E-state index is -0.926. The van der Waals surface area contributed by atoms with Crippen LogP contribution in [0.5, 0.6) is 5.88 Å². The van der Waals surface area contributed by atoms with Crippen LogP contribution in [0.4, 0.5) is 5.82 Å². The van der Waals surface area contributed by atoms with E-state index in [-0.39, 0.29) is 12.7 Å². The lowest BCUT2D eigenvalue weighted by atomic mass is 10.1. The predicted octanol–water partition coefficient (Wildman–Crippen LogP) is 1.25. The second-order valence-corrected chi connectivity index (χ2v) is 4.94. The second kappa shape index (κ2) is 7.21. The van der Waals surface area contributed by atoms with Crippen LogP contribution in [0.25, 0.3) is 0 Å². The number of nitrogens with zero attached hydrogens (tertiary/aromatic N) is 3. The Hall–Kier alpha value is -1.89. The van der Waals surface area contributed by atoms with Gasteiger partial charge in [-0.2, -0.15) is 4.98 Å². The normalized spacial score (nSPS) is 16.0. The van der Waals surface area contributed by atoms with Crippen molar-refractivity contribution in [1.82, 2.24) is 9.97 Å². The van der Waals surface area contributed by atoms with Gasteiger partial charge in [0.2, 0.25) is 5.88 Å². The summed E-state index contributed by atoms with van der Waals surface area (Å²) in [5.41, 5.74) is 0. The number of piperidine rings is 1. The number of carbonyl (C=O) groups is 1. The zero-order chi connectivity index (χ0) is 15.2. The first-order valence-corrected chi connectivity index (χ1v) is 7.15. The highest BCUT2D eigenvalue weighted by Gasteiger charge is 2.22. The zero-order valence-corrected chi connectivity index (χ0v) is 12.4. The maximum Gasteiger partial charge on any atom is 0.329 e. The van der Waals surface area contributed by atoms with Gasteiger partial charge in [0, 0.05) is 19.2 Å². The van der Waals surface area contributed by atoms with E-state index in [1.54, 1.807) is 0 Å². The van der Waals surface area contributed by atoms with Gasteiger partial charge in [-0.15, -0.1) is 0 Å². The van der Waals surface area contributed by atoms with Crippen LogP contribution in [-0.4, -0.2) is 53.5 Å². The smallest absolute Gasteiger partial charge is 0.329 e. The van der Waals surface area contributed by atoms with Crippen molar-refractivity contribution in [2.45, 2.75) is 32.8 Å². The largest absolute Gasteiger partial charge is 0.480 e. The number of aryl methyl sites for hydroxylation is 1. The predicted molar refractivity (Wildman–Crippen MR) is 76.8 cm³/mol. The van der Waals surface area contributed by atoms with Gasteiger partial charge in [-0.3, -0.25) is 0 Å². The van der Waals surface area contributed by atoms with Crippen LogP contribution in [0.15, 0.2) is 6.07 Å². The van der Waals surface area contributed by atoms with E-state index in [1.165, 1.54) is 0 Å². The molecule has 1 aliphatic rings. The first kappa shape index (κ1) is 15.5. The Bertz CT molecular complexity index is 487. The first-order chi connectivity index (χ1) is 10.1. The van der Waals surface area contributed by atoms with Gasteiger partial charge >= 0.3 is 5.97 Å². The monoisotopic (exact) mass is 295 g/mol. The number of ether oxygens (including phenoxy) is 2. The van der Waals surface area contributed by atoms with Crippen molar-refractivity contribution in [3.05, 3.63) is 11.9 Å². The molecule has 1 aliphatic heterocycles. The van der Waals surface area contributed by atoms with Crippen molar-refractivity contribution in [3.63, 3.8) is 0 Å². The van der Waals surface area contributed by atoms with Crippen molar-refractivity contribution in [2.24, 2.45) is 0 Å². The van der Waals surface area contributed by atoms with Crippen LogP contribution in [0, 0.1) is 6.92 Å². The lowest BCUT2D eigenvalue weighted by Crippen LogP contribution is -2.38. The summed E-state index contributed by atoms with van der Waals surface area (Å²) in [6, 6.07) is 1.84. The molecule has 0 unspecified atom stereocenters. The van der Waals surface area contributed by atoms with E-state index in [0.717, 1.165) is 31.7 Å². The molecule has 0 spiro atoms. The molecule has 0 radical (unpaired) electrons. The van der Waals surface area contributed by atoms with Gasteiger partial charge in [-0.1, -0.05) is 0 Å². The van der Waals surface area contributed by atoms with Crippen LogP contribution in [0.2, 0.25) is 0 Å².